The zero-order chi connectivity index (χ0) is 14.0. The second-order valence-electron chi connectivity index (χ2n) is 5.88. The van der Waals surface area contributed by atoms with E-state index in [2.05, 4.69) is 39.0 Å². The van der Waals surface area contributed by atoms with Crippen molar-refractivity contribution in [1.29, 1.82) is 0 Å². The van der Waals surface area contributed by atoms with Gasteiger partial charge in [-0.25, -0.2) is 0 Å². The van der Waals surface area contributed by atoms with Crippen molar-refractivity contribution in [2.75, 3.05) is 13.1 Å². The highest BCUT2D eigenvalue weighted by Gasteiger charge is 2.26. The second-order valence-corrected chi connectivity index (χ2v) is 5.88. The van der Waals surface area contributed by atoms with Crippen LogP contribution in [-0.4, -0.2) is 29.9 Å². The van der Waals surface area contributed by atoms with Gasteiger partial charge in [0, 0.05) is 19.1 Å². The molecule has 0 spiro atoms. The largest absolute Gasteiger partial charge is 0.342 e. The van der Waals surface area contributed by atoms with E-state index in [1.807, 2.05) is 4.90 Å². The fourth-order valence-electron chi connectivity index (χ4n) is 2.66. The molecule has 1 heterocycles. The molecule has 1 aromatic carbocycles. The number of nitrogens with zero attached hydrogens (tertiary/aromatic N) is 1. The average Bonchev–Trinajstić information content (AvgIpc) is 2.37. The van der Waals surface area contributed by atoms with Gasteiger partial charge in [-0.1, -0.05) is 30.7 Å². The average molecular weight is 260 g/mol. The zero-order valence-corrected chi connectivity index (χ0v) is 12.1. The summed E-state index contributed by atoms with van der Waals surface area (Å²) in [6.45, 7) is 7.86. The molecule has 1 amide bonds. The van der Waals surface area contributed by atoms with Crippen LogP contribution in [0, 0.1) is 19.8 Å². The van der Waals surface area contributed by atoms with Gasteiger partial charge in [0.05, 0.1) is 6.42 Å². The molecule has 2 atom stereocenters. The second kappa shape index (κ2) is 5.74. The van der Waals surface area contributed by atoms with Gasteiger partial charge in [0.25, 0.3) is 0 Å². The minimum atomic E-state index is 0.229. The number of amides is 1. The SMILES string of the molecule is Cc1ccc(C)c(CC(=O)N2CCC(N)C(C)C2)c1. The van der Waals surface area contributed by atoms with Gasteiger partial charge in [-0.15, -0.1) is 0 Å². The number of carbonyl (C=O) groups excluding carboxylic acids is 1. The van der Waals surface area contributed by atoms with Crippen molar-refractivity contribution < 1.29 is 4.79 Å². The summed E-state index contributed by atoms with van der Waals surface area (Å²) >= 11 is 0. The van der Waals surface area contributed by atoms with Crippen LogP contribution in [-0.2, 0) is 11.2 Å². The molecule has 0 radical (unpaired) electrons. The smallest absolute Gasteiger partial charge is 0.227 e. The molecule has 0 bridgehead atoms. The zero-order valence-electron chi connectivity index (χ0n) is 12.1. The van der Waals surface area contributed by atoms with E-state index < -0.39 is 0 Å². The first-order valence-electron chi connectivity index (χ1n) is 7.07. The molecule has 1 aliphatic heterocycles. The van der Waals surface area contributed by atoms with Crippen molar-refractivity contribution in [3.8, 4) is 0 Å². The highest BCUT2D eigenvalue weighted by molar-refractivity contribution is 5.79. The maximum atomic E-state index is 12.4. The molecule has 1 aromatic rings. The fraction of sp³-hybridized carbons (Fsp3) is 0.562. The lowest BCUT2D eigenvalue weighted by molar-refractivity contribution is -0.132. The monoisotopic (exact) mass is 260 g/mol. The van der Waals surface area contributed by atoms with Gasteiger partial charge in [-0.3, -0.25) is 4.79 Å². The Morgan fingerprint density at radius 2 is 2.16 bits per heavy atom. The summed E-state index contributed by atoms with van der Waals surface area (Å²) in [7, 11) is 0. The lowest BCUT2D eigenvalue weighted by atomic mass is 9.94. The van der Waals surface area contributed by atoms with E-state index in [9.17, 15) is 4.79 Å². The third kappa shape index (κ3) is 3.35. The maximum absolute atomic E-state index is 12.4. The highest BCUT2D eigenvalue weighted by atomic mass is 16.2. The number of hydrogen-bond acceptors (Lipinski definition) is 2. The third-order valence-corrected chi connectivity index (χ3v) is 4.17. The number of benzene rings is 1. The number of likely N-dealkylation sites (tertiary alicyclic amines) is 1. The van der Waals surface area contributed by atoms with Gasteiger partial charge < -0.3 is 10.6 Å². The first-order valence-corrected chi connectivity index (χ1v) is 7.07. The minimum absolute atomic E-state index is 0.229. The molecule has 104 valence electrons. The number of rotatable bonds is 2. The van der Waals surface area contributed by atoms with Crippen LogP contribution >= 0.6 is 0 Å². The Morgan fingerprint density at radius 1 is 1.42 bits per heavy atom. The Morgan fingerprint density at radius 3 is 2.84 bits per heavy atom. The molecule has 2 unspecified atom stereocenters. The Bertz CT molecular complexity index is 470. The molecule has 0 aliphatic carbocycles. The normalized spacial score (nSPS) is 23.5. The molecule has 0 saturated carbocycles. The van der Waals surface area contributed by atoms with Gasteiger partial charge in [-0.05, 0) is 37.3 Å². The molecule has 0 aromatic heterocycles. The Hall–Kier alpha value is -1.35. The molecule has 19 heavy (non-hydrogen) atoms. The van der Waals surface area contributed by atoms with Crippen molar-refractivity contribution in [1.82, 2.24) is 4.90 Å². The molecule has 3 nitrogen and oxygen atoms in total. The molecular formula is C16H24N2O. The molecular weight excluding hydrogens is 236 g/mol. The van der Waals surface area contributed by atoms with Crippen molar-refractivity contribution in [2.45, 2.75) is 39.7 Å². The van der Waals surface area contributed by atoms with Crippen LogP contribution < -0.4 is 5.73 Å². The van der Waals surface area contributed by atoms with Crippen LogP contribution in [0.3, 0.4) is 0 Å². The lowest BCUT2D eigenvalue weighted by Crippen LogP contribution is -2.48. The topological polar surface area (TPSA) is 46.3 Å². The van der Waals surface area contributed by atoms with Gasteiger partial charge in [0.15, 0.2) is 0 Å². The molecule has 1 saturated heterocycles. The molecule has 1 fully saturated rings. The van der Waals surface area contributed by atoms with Gasteiger partial charge in [-0.2, -0.15) is 0 Å². The highest BCUT2D eigenvalue weighted by Crippen LogP contribution is 2.17. The number of carbonyl (C=O) groups is 1. The van der Waals surface area contributed by atoms with E-state index in [1.165, 1.54) is 11.1 Å². The van der Waals surface area contributed by atoms with E-state index in [-0.39, 0.29) is 11.9 Å². The number of hydrogen-bond donors (Lipinski definition) is 1. The summed E-state index contributed by atoms with van der Waals surface area (Å²) in [6, 6.07) is 6.54. The standard InChI is InChI=1S/C16H24N2O/c1-11-4-5-12(2)14(8-11)9-16(19)18-7-6-15(17)13(3)10-18/h4-5,8,13,15H,6-7,9-10,17H2,1-3H3. The van der Waals surface area contributed by atoms with Gasteiger partial charge in [0.1, 0.15) is 0 Å². The third-order valence-electron chi connectivity index (χ3n) is 4.17. The predicted octanol–water partition coefficient (Wildman–Crippen LogP) is 2.04. The molecule has 2 rings (SSSR count). The summed E-state index contributed by atoms with van der Waals surface area (Å²) in [5.41, 5.74) is 9.55. The summed E-state index contributed by atoms with van der Waals surface area (Å²) < 4.78 is 0. The molecule has 2 N–H and O–H groups in total. The van der Waals surface area contributed by atoms with Crippen LogP contribution in [0.5, 0.6) is 0 Å². The van der Waals surface area contributed by atoms with Crippen molar-refractivity contribution in [3.63, 3.8) is 0 Å². The van der Waals surface area contributed by atoms with Crippen LogP contribution in [0.25, 0.3) is 0 Å². The first kappa shape index (κ1) is 14.1. The Kier molecular flexibility index (Phi) is 4.25. The lowest BCUT2D eigenvalue weighted by Gasteiger charge is -2.35. The maximum Gasteiger partial charge on any atom is 0.227 e. The molecule has 3 heteroatoms. The van der Waals surface area contributed by atoms with E-state index in [1.54, 1.807) is 0 Å². The van der Waals surface area contributed by atoms with Crippen LogP contribution in [0.1, 0.15) is 30.0 Å². The fourth-order valence-corrected chi connectivity index (χ4v) is 2.66. The van der Waals surface area contributed by atoms with E-state index in [4.69, 9.17) is 5.73 Å². The summed E-state index contributed by atoms with van der Waals surface area (Å²) in [6.07, 6.45) is 1.43. The van der Waals surface area contributed by atoms with Crippen molar-refractivity contribution in [2.24, 2.45) is 11.7 Å². The number of nitrogens with two attached hydrogens (primary N) is 1. The van der Waals surface area contributed by atoms with E-state index in [0.717, 1.165) is 25.1 Å². The summed E-state index contributed by atoms with van der Waals surface area (Å²) in [5, 5.41) is 0. The van der Waals surface area contributed by atoms with E-state index in [0.29, 0.717) is 12.3 Å². The van der Waals surface area contributed by atoms with Crippen LogP contribution in [0.15, 0.2) is 18.2 Å². The Balaban J connectivity index is 2.03. The summed E-state index contributed by atoms with van der Waals surface area (Å²) in [5.74, 6) is 0.628. The Labute approximate surface area is 115 Å². The number of piperidine rings is 1. The summed E-state index contributed by atoms with van der Waals surface area (Å²) in [4.78, 5) is 14.3. The van der Waals surface area contributed by atoms with Gasteiger partial charge >= 0.3 is 0 Å². The van der Waals surface area contributed by atoms with E-state index >= 15 is 0 Å². The minimum Gasteiger partial charge on any atom is -0.342 e. The first-order chi connectivity index (χ1) is 8.97. The van der Waals surface area contributed by atoms with Crippen molar-refractivity contribution in [3.05, 3.63) is 34.9 Å². The van der Waals surface area contributed by atoms with Crippen molar-refractivity contribution >= 4 is 5.91 Å². The number of aryl methyl sites for hydroxylation is 2. The molecule has 1 aliphatic rings. The quantitative estimate of drug-likeness (QED) is 0.884. The van der Waals surface area contributed by atoms with Crippen LogP contribution in [0.2, 0.25) is 0 Å². The predicted molar refractivity (Wildman–Crippen MR) is 78.0 cm³/mol. The van der Waals surface area contributed by atoms with Gasteiger partial charge in [0.2, 0.25) is 5.91 Å². The van der Waals surface area contributed by atoms with Crippen LogP contribution in [0.4, 0.5) is 0 Å².